The van der Waals surface area contributed by atoms with Crippen LogP contribution in [0.4, 0.5) is 5.82 Å². The van der Waals surface area contributed by atoms with Gasteiger partial charge < -0.3 is 10.7 Å². The van der Waals surface area contributed by atoms with Crippen molar-refractivity contribution in [3.63, 3.8) is 0 Å². The number of nitrogen functional groups attached to an aromatic ring is 1. The number of hydrogen-bond donors (Lipinski definition) is 2. The number of benzene rings is 1. The van der Waals surface area contributed by atoms with Gasteiger partial charge >= 0.3 is 0 Å². The summed E-state index contributed by atoms with van der Waals surface area (Å²) in [5, 5.41) is 2.19. The molecule has 20 heavy (non-hydrogen) atoms. The van der Waals surface area contributed by atoms with Gasteiger partial charge in [0.2, 0.25) is 0 Å². The molecule has 4 aromatic rings. The summed E-state index contributed by atoms with van der Waals surface area (Å²) in [5.41, 5.74) is 7.96. The van der Waals surface area contributed by atoms with Gasteiger partial charge in [-0.05, 0) is 23.6 Å². The molecular weight excluding hydrogens is 250 g/mol. The first-order valence-electron chi connectivity index (χ1n) is 6.27. The van der Waals surface area contributed by atoms with Gasteiger partial charge in [-0.3, -0.25) is 4.98 Å². The molecule has 1 aromatic carbocycles. The molecular formula is C15H11N5. The third-order valence-electron chi connectivity index (χ3n) is 3.27. The van der Waals surface area contributed by atoms with Crippen molar-refractivity contribution < 1.29 is 0 Å². The number of nitrogens with two attached hydrogens (primary N) is 1. The molecule has 96 valence electrons. The second kappa shape index (κ2) is 4.03. The molecule has 0 aliphatic heterocycles. The monoisotopic (exact) mass is 261 g/mol. The van der Waals surface area contributed by atoms with Gasteiger partial charge in [-0.25, -0.2) is 9.97 Å². The molecule has 0 amide bonds. The first-order valence-corrected chi connectivity index (χ1v) is 6.27. The van der Waals surface area contributed by atoms with Crippen LogP contribution in [0, 0.1) is 0 Å². The van der Waals surface area contributed by atoms with E-state index in [4.69, 9.17) is 5.73 Å². The van der Waals surface area contributed by atoms with Crippen molar-refractivity contribution in [2.45, 2.75) is 0 Å². The standard InChI is InChI=1S/C15H11N5/c16-12-6-5-11-14(19-12)20-15(18-11)13-10-4-2-1-3-9(10)7-8-17-13/h1-8H,(H3,16,18,19,20). The number of pyridine rings is 2. The van der Waals surface area contributed by atoms with Gasteiger partial charge in [-0.1, -0.05) is 24.3 Å². The molecule has 5 heteroatoms. The Morgan fingerprint density at radius 2 is 1.85 bits per heavy atom. The van der Waals surface area contributed by atoms with Crippen LogP contribution in [-0.2, 0) is 0 Å². The largest absolute Gasteiger partial charge is 0.384 e. The fourth-order valence-corrected chi connectivity index (χ4v) is 2.33. The number of rotatable bonds is 1. The van der Waals surface area contributed by atoms with E-state index >= 15 is 0 Å². The Morgan fingerprint density at radius 3 is 2.80 bits per heavy atom. The summed E-state index contributed by atoms with van der Waals surface area (Å²) in [6.45, 7) is 0. The summed E-state index contributed by atoms with van der Waals surface area (Å²) >= 11 is 0. The van der Waals surface area contributed by atoms with Crippen molar-refractivity contribution in [2.75, 3.05) is 5.73 Å². The van der Waals surface area contributed by atoms with Crippen LogP contribution >= 0.6 is 0 Å². The molecule has 0 aliphatic carbocycles. The average molecular weight is 261 g/mol. The van der Waals surface area contributed by atoms with E-state index in [0.717, 1.165) is 22.0 Å². The predicted molar refractivity (Wildman–Crippen MR) is 79.0 cm³/mol. The summed E-state index contributed by atoms with van der Waals surface area (Å²) in [6.07, 6.45) is 1.78. The van der Waals surface area contributed by atoms with Crippen LogP contribution < -0.4 is 5.73 Å². The summed E-state index contributed by atoms with van der Waals surface area (Å²) in [7, 11) is 0. The molecule has 0 unspecified atom stereocenters. The first-order chi connectivity index (χ1) is 9.81. The molecule has 0 spiro atoms. The van der Waals surface area contributed by atoms with Crippen LogP contribution in [0.1, 0.15) is 0 Å². The Hall–Kier alpha value is -2.95. The lowest BCUT2D eigenvalue weighted by Gasteiger charge is -2.01. The van der Waals surface area contributed by atoms with Crippen molar-refractivity contribution in [1.82, 2.24) is 19.9 Å². The van der Waals surface area contributed by atoms with Gasteiger partial charge in [0.25, 0.3) is 0 Å². The number of nitrogens with zero attached hydrogens (tertiary/aromatic N) is 3. The number of H-pyrrole nitrogens is 1. The SMILES string of the molecule is Nc1ccc2[nH]c(-c3nccc4ccccc34)nc2n1. The molecule has 3 aromatic heterocycles. The Bertz CT molecular complexity index is 921. The molecule has 4 rings (SSSR count). The maximum absolute atomic E-state index is 5.68. The van der Waals surface area contributed by atoms with Crippen molar-refractivity contribution in [2.24, 2.45) is 0 Å². The lowest BCUT2D eigenvalue weighted by Crippen LogP contribution is -1.89. The minimum Gasteiger partial charge on any atom is -0.384 e. The first kappa shape index (κ1) is 10.9. The summed E-state index contributed by atoms with van der Waals surface area (Å²) in [4.78, 5) is 16.4. The minimum atomic E-state index is 0.460. The molecule has 0 aliphatic rings. The highest BCUT2D eigenvalue weighted by molar-refractivity contribution is 5.94. The zero-order valence-corrected chi connectivity index (χ0v) is 10.5. The Kier molecular flexibility index (Phi) is 2.20. The van der Waals surface area contributed by atoms with Gasteiger partial charge in [-0.15, -0.1) is 0 Å². The van der Waals surface area contributed by atoms with Gasteiger partial charge in [0.1, 0.15) is 11.5 Å². The number of fused-ring (bicyclic) bond motifs is 2. The molecule has 0 bridgehead atoms. The lowest BCUT2D eigenvalue weighted by molar-refractivity contribution is 1.25. The van der Waals surface area contributed by atoms with Crippen LogP contribution in [0.3, 0.4) is 0 Å². The van der Waals surface area contributed by atoms with Crippen molar-refractivity contribution >= 4 is 27.8 Å². The summed E-state index contributed by atoms with van der Waals surface area (Å²) < 4.78 is 0. The normalized spacial score (nSPS) is 11.2. The number of aromatic amines is 1. The van der Waals surface area contributed by atoms with Gasteiger partial charge in [0.05, 0.1) is 5.52 Å². The van der Waals surface area contributed by atoms with E-state index in [-0.39, 0.29) is 0 Å². The van der Waals surface area contributed by atoms with E-state index in [2.05, 4.69) is 26.0 Å². The molecule has 0 saturated carbocycles. The van der Waals surface area contributed by atoms with E-state index in [1.165, 1.54) is 0 Å². The van der Waals surface area contributed by atoms with Gasteiger partial charge in [-0.2, -0.15) is 0 Å². The fourth-order valence-electron chi connectivity index (χ4n) is 2.33. The number of anilines is 1. The third kappa shape index (κ3) is 1.60. The highest BCUT2D eigenvalue weighted by Crippen LogP contribution is 2.25. The number of nitrogens with one attached hydrogen (secondary N) is 1. The number of hydrogen-bond acceptors (Lipinski definition) is 4. The van der Waals surface area contributed by atoms with E-state index in [0.29, 0.717) is 17.3 Å². The van der Waals surface area contributed by atoms with Gasteiger partial charge in [0, 0.05) is 11.6 Å². The maximum atomic E-state index is 5.68. The van der Waals surface area contributed by atoms with Crippen molar-refractivity contribution in [3.05, 3.63) is 48.7 Å². The second-order valence-corrected chi connectivity index (χ2v) is 4.57. The molecule has 0 atom stereocenters. The lowest BCUT2D eigenvalue weighted by atomic mass is 10.1. The molecule has 0 saturated heterocycles. The third-order valence-corrected chi connectivity index (χ3v) is 3.27. The molecule has 0 radical (unpaired) electrons. The average Bonchev–Trinajstić information content (AvgIpc) is 2.89. The smallest absolute Gasteiger partial charge is 0.180 e. The van der Waals surface area contributed by atoms with E-state index in [9.17, 15) is 0 Å². The van der Waals surface area contributed by atoms with E-state index in [1.54, 1.807) is 12.3 Å². The predicted octanol–water partition coefficient (Wildman–Crippen LogP) is 2.76. The van der Waals surface area contributed by atoms with Crippen LogP contribution in [0.2, 0.25) is 0 Å². The topological polar surface area (TPSA) is 80.5 Å². The van der Waals surface area contributed by atoms with Gasteiger partial charge in [0.15, 0.2) is 11.5 Å². The summed E-state index contributed by atoms with van der Waals surface area (Å²) in [6, 6.07) is 13.7. The fraction of sp³-hybridized carbons (Fsp3) is 0. The van der Waals surface area contributed by atoms with Crippen LogP contribution in [0.15, 0.2) is 48.7 Å². The maximum Gasteiger partial charge on any atom is 0.180 e. The Labute approximate surface area is 114 Å². The van der Waals surface area contributed by atoms with Crippen LogP contribution in [-0.4, -0.2) is 19.9 Å². The highest BCUT2D eigenvalue weighted by Gasteiger charge is 2.10. The Morgan fingerprint density at radius 1 is 0.950 bits per heavy atom. The summed E-state index contributed by atoms with van der Waals surface area (Å²) in [5.74, 6) is 1.16. The molecule has 3 heterocycles. The number of imidazole rings is 1. The minimum absolute atomic E-state index is 0.460. The zero-order valence-electron chi connectivity index (χ0n) is 10.5. The number of aromatic nitrogens is 4. The van der Waals surface area contributed by atoms with Crippen LogP contribution in [0.5, 0.6) is 0 Å². The van der Waals surface area contributed by atoms with Crippen LogP contribution in [0.25, 0.3) is 33.5 Å². The highest BCUT2D eigenvalue weighted by atomic mass is 15.0. The van der Waals surface area contributed by atoms with E-state index < -0.39 is 0 Å². The van der Waals surface area contributed by atoms with Crippen molar-refractivity contribution in [1.29, 1.82) is 0 Å². The molecule has 3 N–H and O–H groups in total. The second-order valence-electron chi connectivity index (χ2n) is 4.57. The molecule has 5 nitrogen and oxygen atoms in total. The quantitative estimate of drug-likeness (QED) is 0.552. The molecule has 0 fully saturated rings. The van der Waals surface area contributed by atoms with Crippen molar-refractivity contribution in [3.8, 4) is 11.5 Å². The Balaban J connectivity index is 2.01. The zero-order chi connectivity index (χ0) is 13.5. The van der Waals surface area contributed by atoms with E-state index in [1.807, 2.05) is 30.3 Å².